The highest BCUT2D eigenvalue weighted by atomic mass is 79.9. The lowest BCUT2D eigenvalue weighted by molar-refractivity contribution is 0.0600. The second-order valence-corrected chi connectivity index (χ2v) is 8.91. The molecule has 0 atom stereocenters. The van der Waals surface area contributed by atoms with Gasteiger partial charge in [-0.05, 0) is 66.1 Å². The molecule has 0 saturated heterocycles. The van der Waals surface area contributed by atoms with Crippen molar-refractivity contribution in [1.29, 1.82) is 0 Å². The van der Waals surface area contributed by atoms with Crippen LogP contribution in [0.5, 0.6) is 0 Å². The normalized spacial score (nSPS) is 20.4. The minimum absolute atomic E-state index is 0.336. The Labute approximate surface area is 167 Å². The van der Waals surface area contributed by atoms with Crippen LogP contribution in [-0.4, -0.2) is 31.3 Å². The Morgan fingerprint density at radius 3 is 2.77 bits per heavy atom. The molecule has 6 heteroatoms. The molecule has 0 radical (unpaired) electrons. The highest BCUT2D eigenvalue weighted by Gasteiger charge is 2.25. The maximum absolute atomic E-state index is 11.9. The van der Waals surface area contributed by atoms with E-state index in [9.17, 15) is 4.79 Å². The van der Waals surface area contributed by atoms with Crippen molar-refractivity contribution in [2.24, 2.45) is 5.92 Å². The van der Waals surface area contributed by atoms with Gasteiger partial charge in [-0.1, -0.05) is 13.3 Å². The van der Waals surface area contributed by atoms with E-state index in [1.165, 1.54) is 44.2 Å². The number of carbonyl (C=O) groups is 1. The monoisotopic (exact) mass is 439 g/mol. The van der Waals surface area contributed by atoms with E-state index in [0.29, 0.717) is 17.4 Å². The summed E-state index contributed by atoms with van der Waals surface area (Å²) in [6.07, 6.45) is 7.12. The van der Waals surface area contributed by atoms with Crippen LogP contribution in [0.4, 0.5) is 0 Å². The van der Waals surface area contributed by atoms with Crippen molar-refractivity contribution in [2.45, 2.75) is 51.4 Å². The van der Waals surface area contributed by atoms with E-state index in [4.69, 9.17) is 14.5 Å². The molecule has 142 valence electrons. The number of ether oxygens (including phenoxy) is 2. The zero-order valence-electron chi connectivity index (χ0n) is 15.4. The molecule has 1 aromatic carbocycles. The molecule has 0 amide bonds. The number of carbonyl (C=O) groups excluding carboxylic acids is 1. The van der Waals surface area contributed by atoms with Gasteiger partial charge >= 0.3 is 5.97 Å². The van der Waals surface area contributed by atoms with Gasteiger partial charge in [0.2, 0.25) is 0 Å². The van der Waals surface area contributed by atoms with Gasteiger partial charge in [0.15, 0.2) is 0 Å². The van der Waals surface area contributed by atoms with Crippen LogP contribution in [0.3, 0.4) is 0 Å². The highest BCUT2D eigenvalue weighted by molar-refractivity contribution is 9.10. The topological polar surface area (TPSA) is 48.4 Å². The van der Waals surface area contributed by atoms with Crippen molar-refractivity contribution in [3.8, 4) is 0 Å². The van der Waals surface area contributed by atoms with Crippen LogP contribution < -0.4 is 0 Å². The smallest absolute Gasteiger partial charge is 0.339 e. The molecule has 1 saturated carbocycles. The van der Waals surface area contributed by atoms with Crippen LogP contribution in [0.25, 0.3) is 10.2 Å². The molecule has 0 unspecified atom stereocenters. The van der Waals surface area contributed by atoms with Gasteiger partial charge in [-0.15, -0.1) is 11.3 Å². The third kappa shape index (κ3) is 4.65. The lowest BCUT2D eigenvalue weighted by Crippen LogP contribution is -2.18. The van der Waals surface area contributed by atoms with Crippen LogP contribution in [0.1, 0.15) is 66.7 Å². The Hall–Kier alpha value is -0.980. The maximum Gasteiger partial charge on any atom is 0.339 e. The van der Waals surface area contributed by atoms with E-state index >= 15 is 0 Å². The summed E-state index contributed by atoms with van der Waals surface area (Å²) in [4.78, 5) is 16.7. The highest BCUT2D eigenvalue weighted by Crippen LogP contribution is 2.40. The first kappa shape index (κ1) is 19.8. The molecule has 1 aliphatic rings. The summed E-state index contributed by atoms with van der Waals surface area (Å²) in [7, 11) is 1.40. The molecule has 0 N–H and O–H groups in total. The van der Waals surface area contributed by atoms with Gasteiger partial charge in [-0.2, -0.15) is 0 Å². The molecule has 2 aromatic rings. The SMILES string of the molecule is CCCCOCC1CCC(c2nc3cc(C(=O)OC)c(Br)cc3s2)CC1. The van der Waals surface area contributed by atoms with Gasteiger partial charge in [-0.3, -0.25) is 0 Å². The summed E-state index contributed by atoms with van der Waals surface area (Å²) in [6.45, 7) is 3.99. The number of hydrogen-bond donors (Lipinski definition) is 0. The van der Waals surface area contributed by atoms with Gasteiger partial charge in [0.1, 0.15) is 0 Å². The van der Waals surface area contributed by atoms with Gasteiger partial charge in [0.25, 0.3) is 0 Å². The van der Waals surface area contributed by atoms with E-state index in [-0.39, 0.29) is 5.97 Å². The van der Waals surface area contributed by atoms with Crippen LogP contribution in [0, 0.1) is 5.92 Å². The number of thiazole rings is 1. The number of halogens is 1. The van der Waals surface area contributed by atoms with Gasteiger partial charge in [0.05, 0.1) is 27.9 Å². The van der Waals surface area contributed by atoms with Crippen LogP contribution in [0.15, 0.2) is 16.6 Å². The maximum atomic E-state index is 11.9. The summed E-state index contributed by atoms with van der Waals surface area (Å²) in [5.41, 5.74) is 1.42. The number of hydrogen-bond acceptors (Lipinski definition) is 5. The first-order valence-corrected chi connectivity index (χ1v) is 11.0. The third-order valence-corrected chi connectivity index (χ3v) is 6.93. The molecule has 1 aromatic heterocycles. The Morgan fingerprint density at radius 2 is 2.08 bits per heavy atom. The molecule has 0 bridgehead atoms. The number of aromatic nitrogens is 1. The molecule has 0 spiro atoms. The van der Waals surface area contributed by atoms with E-state index in [1.54, 1.807) is 11.3 Å². The lowest BCUT2D eigenvalue weighted by Gasteiger charge is -2.27. The Morgan fingerprint density at radius 1 is 1.31 bits per heavy atom. The molecule has 1 fully saturated rings. The van der Waals surface area contributed by atoms with Gasteiger partial charge < -0.3 is 9.47 Å². The summed E-state index contributed by atoms with van der Waals surface area (Å²) in [5.74, 6) is 0.883. The summed E-state index contributed by atoms with van der Waals surface area (Å²) < 4.78 is 12.5. The minimum atomic E-state index is -0.336. The quantitative estimate of drug-likeness (QED) is 0.395. The van der Waals surface area contributed by atoms with Gasteiger partial charge in [0, 0.05) is 23.6 Å². The Bertz CT molecular complexity index is 753. The number of methoxy groups -OCH3 is 1. The molecule has 3 rings (SSSR count). The minimum Gasteiger partial charge on any atom is -0.465 e. The average molecular weight is 440 g/mol. The summed E-state index contributed by atoms with van der Waals surface area (Å²) in [5, 5.41) is 1.19. The second-order valence-electron chi connectivity index (χ2n) is 6.99. The van der Waals surface area contributed by atoms with E-state index in [2.05, 4.69) is 22.9 Å². The van der Waals surface area contributed by atoms with Crippen LogP contribution in [-0.2, 0) is 9.47 Å². The lowest BCUT2D eigenvalue weighted by atomic mass is 9.83. The van der Waals surface area contributed by atoms with Crippen LogP contribution >= 0.6 is 27.3 Å². The van der Waals surface area contributed by atoms with Gasteiger partial charge in [-0.25, -0.2) is 9.78 Å². The fourth-order valence-electron chi connectivity index (χ4n) is 3.48. The number of fused-ring (bicyclic) bond motifs is 1. The molecule has 1 aliphatic carbocycles. The van der Waals surface area contributed by atoms with Crippen molar-refractivity contribution in [2.75, 3.05) is 20.3 Å². The first-order chi connectivity index (χ1) is 12.6. The fourth-order valence-corrected chi connectivity index (χ4v) is 5.29. The average Bonchev–Trinajstić information content (AvgIpc) is 3.07. The number of nitrogens with zero attached hydrogens (tertiary/aromatic N) is 1. The third-order valence-electron chi connectivity index (χ3n) is 5.09. The summed E-state index contributed by atoms with van der Waals surface area (Å²) >= 11 is 5.22. The Kier molecular flexibility index (Phi) is 7.06. The number of rotatable bonds is 7. The molecule has 26 heavy (non-hydrogen) atoms. The molecular weight excluding hydrogens is 414 g/mol. The van der Waals surface area contributed by atoms with Crippen molar-refractivity contribution in [3.63, 3.8) is 0 Å². The number of esters is 1. The molecular formula is C20H26BrNO3S. The Balaban J connectivity index is 1.63. The van der Waals surface area contributed by atoms with E-state index in [0.717, 1.165) is 34.3 Å². The number of benzene rings is 1. The molecule has 1 heterocycles. The van der Waals surface area contributed by atoms with Crippen molar-refractivity contribution < 1.29 is 14.3 Å². The zero-order valence-corrected chi connectivity index (χ0v) is 17.8. The second kappa shape index (κ2) is 9.29. The fraction of sp³-hybridized carbons (Fsp3) is 0.600. The van der Waals surface area contributed by atoms with E-state index in [1.807, 2.05) is 12.1 Å². The predicted molar refractivity (Wildman–Crippen MR) is 109 cm³/mol. The van der Waals surface area contributed by atoms with Crippen LogP contribution in [0.2, 0.25) is 0 Å². The zero-order chi connectivity index (χ0) is 18.5. The molecule has 0 aliphatic heterocycles. The van der Waals surface area contributed by atoms with Crippen molar-refractivity contribution in [1.82, 2.24) is 4.98 Å². The van der Waals surface area contributed by atoms with E-state index < -0.39 is 0 Å². The molecule has 4 nitrogen and oxygen atoms in total. The van der Waals surface area contributed by atoms with Crippen molar-refractivity contribution in [3.05, 3.63) is 27.2 Å². The largest absolute Gasteiger partial charge is 0.465 e. The van der Waals surface area contributed by atoms with Crippen molar-refractivity contribution >= 4 is 43.5 Å². The standard InChI is InChI=1S/C20H26BrNO3S/c1-3-4-9-25-12-13-5-7-14(8-6-13)19-22-17-10-15(20(23)24-2)16(21)11-18(17)26-19/h10-11,13-14H,3-9,12H2,1-2H3. The number of unbranched alkanes of at least 4 members (excludes halogenated alkanes) is 1. The summed E-state index contributed by atoms with van der Waals surface area (Å²) in [6, 6.07) is 3.81. The predicted octanol–water partition coefficient (Wildman–Crippen LogP) is 5.94. The first-order valence-electron chi connectivity index (χ1n) is 9.38.